The number of halogens is 4. The van der Waals surface area contributed by atoms with Crippen LogP contribution >= 0.6 is 47.2 Å². The van der Waals surface area contributed by atoms with Crippen molar-refractivity contribution < 1.29 is 0 Å². The van der Waals surface area contributed by atoms with E-state index in [1.54, 1.807) is 12.1 Å². The molecule has 0 aliphatic carbocycles. The summed E-state index contributed by atoms with van der Waals surface area (Å²) in [5.41, 5.74) is 6.46. The molecule has 0 aliphatic heterocycles. The van der Waals surface area contributed by atoms with E-state index in [0.29, 0.717) is 15.1 Å². The van der Waals surface area contributed by atoms with E-state index in [9.17, 15) is 0 Å². The average molecular weight is 261 g/mol. The molecule has 1 atom stereocenters. The first-order chi connectivity index (χ1) is 5.54. The van der Waals surface area contributed by atoms with Crippen LogP contribution in [0.2, 0.25) is 15.1 Å². The van der Waals surface area contributed by atoms with Gasteiger partial charge in [-0.2, -0.15) is 0 Å². The third-order valence-corrected chi connectivity index (χ3v) is 2.86. The first-order valence-corrected chi connectivity index (χ1v) is 4.56. The molecule has 0 heterocycles. The minimum atomic E-state index is -0.132. The molecule has 0 fully saturated rings. The minimum absolute atomic E-state index is 0. The van der Waals surface area contributed by atoms with E-state index in [-0.39, 0.29) is 18.4 Å². The second kappa shape index (κ2) is 5.28. The Morgan fingerprint density at radius 3 is 2.15 bits per heavy atom. The summed E-state index contributed by atoms with van der Waals surface area (Å²) in [6.07, 6.45) is 0. The van der Waals surface area contributed by atoms with Gasteiger partial charge in [-0.15, -0.1) is 12.4 Å². The van der Waals surface area contributed by atoms with Crippen molar-refractivity contribution in [2.45, 2.75) is 13.0 Å². The topological polar surface area (TPSA) is 26.0 Å². The number of nitrogens with two attached hydrogens (primary N) is 1. The Balaban J connectivity index is 0.00000144. The van der Waals surface area contributed by atoms with Gasteiger partial charge in [0.25, 0.3) is 0 Å². The Bertz CT molecular complexity index is 298. The van der Waals surface area contributed by atoms with E-state index in [1.165, 1.54) is 0 Å². The summed E-state index contributed by atoms with van der Waals surface area (Å²) < 4.78 is 0. The highest BCUT2D eigenvalue weighted by Crippen LogP contribution is 2.34. The van der Waals surface area contributed by atoms with Crippen molar-refractivity contribution in [2.24, 2.45) is 5.73 Å². The maximum Gasteiger partial charge on any atom is 0.0781 e. The highest BCUT2D eigenvalue weighted by atomic mass is 35.5. The first kappa shape index (κ1) is 13.3. The van der Waals surface area contributed by atoms with Crippen molar-refractivity contribution in [1.29, 1.82) is 0 Å². The lowest BCUT2D eigenvalue weighted by Crippen LogP contribution is -2.05. The van der Waals surface area contributed by atoms with Crippen LogP contribution in [-0.4, -0.2) is 0 Å². The van der Waals surface area contributed by atoms with Crippen LogP contribution in [0.15, 0.2) is 12.1 Å². The van der Waals surface area contributed by atoms with Gasteiger partial charge in [-0.25, -0.2) is 0 Å². The fraction of sp³-hybridized carbons (Fsp3) is 0.250. The number of rotatable bonds is 1. The summed E-state index contributed by atoms with van der Waals surface area (Å²) in [6.45, 7) is 1.84. The summed E-state index contributed by atoms with van der Waals surface area (Å²) in [4.78, 5) is 0. The van der Waals surface area contributed by atoms with E-state index in [4.69, 9.17) is 40.5 Å². The van der Waals surface area contributed by atoms with Crippen molar-refractivity contribution in [3.8, 4) is 0 Å². The Morgan fingerprint density at radius 2 is 1.69 bits per heavy atom. The molecule has 0 aliphatic rings. The zero-order valence-electron chi connectivity index (χ0n) is 6.85. The van der Waals surface area contributed by atoms with Crippen LogP contribution < -0.4 is 5.73 Å². The standard InChI is InChI=1S/C8H8Cl3N.ClH/c1-4(12)5-2-3-6(9)8(11)7(5)10;/h2-4H,12H2,1H3;1H. The summed E-state index contributed by atoms with van der Waals surface area (Å²) in [6, 6.07) is 3.34. The molecular weight excluding hydrogens is 252 g/mol. The fourth-order valence-corrected chi connectivity index (χ4v) is 1.61. The van der Waals surface area contributed by atoms with Gasteiger partial charge in [-0.1, -0.05) is 40.9 Å². The van der Waals surface area contributed by atoms with Gasteiger partial charge >= 0.3 is 0 Å². The molecule has 0 amide bonds. The van der Waals surface area contributed by atoms with E-state index >= 15 is 0 Å². The van der Waals surface area contributed by atoms with Crippen LogP contribution in [0.3, 0.4) is 0 Å². The number of hydrogen-bond donors (Lipinski definition) is 1. The lowest BCUT2D eigenvalue weighted by Gasteiger charge is -2.09. The van der Waals surface area contributed by atoms with Gasteiger partial charge in [0.05, 0.1) is 15.1 Å². The molecule has 1 aromatic rings. The van der Waals surface area contributed by atoms with Gasteiger partial charge in [-0.3, -0.25) is 0 Å². The largest absolute Gasteiger partial charge is 0.324 e. The van der Waals surface area contributed by atoms with E-state index < -0.39 is 0 Å². The molecule has 0 radical (unpaired) electrons. The molecule has 13 heavy (non-hydrogen) atoms. The second-order valence-corrected chi connectivity index (χ2v) is 3.72. The molecule has 1 unspecified atom stereocenters. The molecule has 5 heteroatoms. The lowest BCUT2D eigenvalue weighted by molar-refractivity contribution is 0.818. The van der Waals surface area contributed by atoms with Crippen molar-refractivity contribution in [3.05, 3.63) is 32.8 Å². The van der Waals surface area contributed by atoms with E-state index in [1.807, 2.05) is 6.92 Å². The molecular formula is C8H9Cl4N. The molecule has 0 spiro atoms. The van der Waals surface area contributed by atoms with Crippen LogP contribution in [0.25, 0.3) is 0 Å². The van der Waals surface area contributed by atoms with Crippen LogP contribution in [0.4, 0.5) is 0 Å². The Labute approximate surface area is 98.6 Å². The van der Waals surface area contributed by atoms with Crippen LogP contribution in [0.1, 0.15) is 18.5 Å². The third kappa shape index (κ3) is 2.90. The van der Waals surface area contributed by atoms with Crippen LogP contribution in [0, 0.1) is 0 Å². The molecule has 0 aromatic heterocycles. The SMILES string of the molecule is CC(N)c1ccc(Cl)c(Cl)c1Cl.Cl. The molecule has 0 saturated carbocycles. The van der Waals surface area contributed by atoms with E-state index in [2.05, 4.69) is 0 Å². The summed E-state index contributed by atoms with van der Waals surface area (Å²) >= 11 is 17.4. The third-order valence-electron chi connectivity index (χ3n) is 1.56. The molecule has 1 rings (SSSR count). The molecule has 2 N–H and O–H groups in total. The molecule has 1 aromatic carbocycles. The summed E-state index contributed by atoms with van der Waals surface area (Å²) in [5, 5.41) is 1.26. The first-order valence-electron chi connectivity index (χ1n) is 3.43. The molecule has 1 nitrogen and oxygen atoms in total. The maximum absolute atomic E-state index is 5.90. The predicted octanol–water partition coefficient (Wildman–Crippen LogP) is 4.09. The van der Waals surface area contributed by atoms with Crippen molar-refractivity contribution in [1.82, 2.24) is 0 Å². The van der Waals surface area contributed by atoms with Crippen LogP contribution in [-0.2, 0) is 0 Å². The predicted molar refractivity (Wildman–Crippen MR) is 61.3 cm³/mol. The van der Waals surface area contributed by atoms with Gasteiger partial charge in [0, 0.05) is 6.04 Å². The highest BCUT2D eigenvalue weighted by Gasteiger charge is 2.10. The number of hydrogen-bond acceptors (Lipinski definition) is 1. The summed E-state index contributed by atoms with van der Waals surface area (Å²) in [7, 11) is 0. The van der Waals surface area contributed by atoms with Crippen molar-refractivity contribution >= 4 is 47.2 Å². The zero-order chi connectivity index (χ0) is 9.30. The van der Waals surface area contributed by atoms with Crippen molar-refractivity contribution in [3.63, 3.8) is 0 Å². The molecule has 0 saturated heterocycles. The maximum atomic E-state index is 5.90. The molecule has 74 valence electrons. The van der Waals surface area contributed by atoms with Gasteiger partial charge in [0.2, 0.25) is 0 Å². The fourth-order valence-electron chi connectivity index (χ4n) is 0.893. The van der Waals surface area contributed by atoms with Crippen molar-refractivity contribution in [2.75, 3.05) is 0 Å². The number of benzene rings is 1. The van der Waals surface area contributed by atoms with E-state index in [0.717, 1.165) is 5.56 Å². The van der Waals surface area contributed by atoms with Gasteiger partial charge in [-0.05, 0) is 18.6 Å². The Morgan fingerprint density at radius 1 is 1.15 bits per heavy atom. The quantitative estimate of drug-likeness (QED) is 0.757. The lowest BCUT2D eigenvalue weighted by atomic mass is 10.1. The summed E-state index contributed by atoms with van der Waals surface area (Å²) in [5.74, 6) is 0. The Kier molecular flexibility index (Phi) is 5.42. The van der Waals surface area contributed by atoms with Crippen LogP contribution in [0.5, 0.6) is 0 Å². The average Bonchev–Trinajstić information content (AvgIpc) is 2.00. The highest BCUT2D eigenvalue weighted by molar-refractivity contribution is 6.48. The zero-order valence-corrected chi connectivity index (χ0v) is 9.94. The van der Waals surface area contributed by atoms with Gasteiger partial charge in [0.15, 0.2) is 0 Å². The van der Waals surface area contributed by atoms with Gasteiger partial charge < -0.3 is 5.73 Å². The normalized spacial score (nSPS) is 12.1. The van der Waals surface area contributed by atoms with Gasteiger partial charge in [0.1, 0.15) is 0 Å². The Hall–Kier alpha value is 0.340. The monoisotopic (exact) mass is 259 g/mol. The molecule has 0 bridgehead atoms. The second-order valence-electron chi connectivity index (χ2n) is 2.55. The minimum Gasteiger partial charge on any atom is -0.324 e. The smallest absolute Gasteiger partial charge is 0.0781 e.